The molecule has 1 aromatic heterocycles. The van der Waals surface area contributed by atoms with Gasteiger partial charge in [-0.1, -0.05) is 25.1 Å². The predicted octanol–water partition coefficient (Wildman–Crippen LogP) is 3.19. The van der Waals surface area contributed by atoms with Crippen LogP contribution >= 0.6 is 0 Å². The average Bonchev–Trinajstić information content (AvgIpc) is 2.94. The lowest BCUT2D eigenvalue weighted by Gasteiger charge is -2.12. The lowest BCUT2D eigenvalue weighted by Crippen LogP contribution is -2.12. The Hall–Kier alpha value is -1.95. The molecule has 0 aliphatic rings. The van der Waals surface area contributed by atoms with E-state index in [4.69, 9.17) is 9.26 Å². The van der Waals surface area contributed by atoms with Crippen molar-refractivity contribution in [2.75, 3.05) is 7.05 Å². The molecule has 2 aromatic rings. The van der Waals surface area contributed by atoms with Crippen molar-refractivity contribution in [2.45, 2.75) is 39.3 Å². The Balaban J connectivity index is 2.02. The van der Waals surface area contributed by atoms with E-state index in [0.29, 0.717) is 11.7 Å². The molecule has 0 aliphatic carbocycles. The maximum atomic E-state index is 14.0. The summed E-state index contributed by atoms with van der Waals surface area (Å²) in [6.45, 7) is 5.95. The number of rotatable bonds is 6. The predicted molar refractivity (Wildman–Crippen MR) is 76.6 cm³/mol. The second kappa shape index (κ2) is 6.67. The van der Waals surface area contributed by atoms with Gasteiger partial charge in [0.25, 0.3) is 5.89 Å². The molecule has 0 aliphatic heterocycles. The SMILES string of the molecule is CNC(C)c1ccc(OCc2nc(C(C)C)no2)c(F)c1. The van der Waals surface area contributed by atoms with Gasteiger partial charge < -0.3 is 14.6 Å². The number of aromatic nitrogens is 2. The smallest absolute Gasteiger partial charge is 0.264 e. The number of halogens is 1. The number of nitrogens with zero attached hydrogens (tertiary/aromatic N) is 2. The van der Waals surface area contributed by atoms with Crippen LogP contribution in [0.5, 0.6) is 5.75 Å². The summed E-state index contributed by atoms with van der Waals surface area (Å²) in [5.41, 5.74) is 0.863. The molecule has 114 valence electrons. The van der Waals surface area contributed by atoms with Crippen molar-refractivity contribution in [2.24, 2.45) is 0 Å². The molecule has 0 fully saturated rings. The Kier molecular flexibility index (Phi) is 4.90. The van der Waals surface area contributed by atoms with E-state index in [1.807, 2.05) is 33.9 Å². The van der Waals surface area contributed by atoms with Gasteiger partial charge in [0, 0.05) is 12.0 Å². The van der Waals surface area contributed by atoms with E-state index in [-0.39, 0.29) is 24.3 Å². The molecule has 0 saturated heterocycles. The molecule has 0 amide bonds. The Bertz CT molecular complexity index is 598. The van der Waals surface area contributed by atoms with Crippen LogP contribution in [0.15, 0.2) is 22.7 Å². The Morgan fingerprint density at radius 3 is 2.67 bits per heavy atom. The van der Waals surface area contributed by atoms with Gasteiger partial charge in [-0.2, -0.15) is 4.98 Å². The standard InChI is InChI=1S/C15H20FN3O2/c1-9(2)15-18-14(21-19-15)8-20-13-6-5-11(7-12(13)16)10(3)17-4/h5-7,9-10,17H,8H2,1-4H3. The quantitative estimate of drug-likeness (QED) is 0.886. The summed E-state index contributed by atoms with van der Waals surface area (Å²) in [7, 11) is 1.83. The van der Waals surface area contributed by atoms with Crippen molar-refractivity contribution in [3.8, 4) is 5.75 Å². The van der Waals surface area contributed by atoms with Crippen LogP contribution in [0.2, 0.25) is 0 Å². The van der Waals surface area contributed by atoms with Crippen molar-refractivity contribution in [1.29, 1.82) is 0 Å². The van der Waals surface area contributed by atoms with Crippen molar-refractivity contribution >= 4 is 0 Å². The minimum atomic E-state index is -0.404. The maximum Gasteiger partial charge on any atom is 0.264 e. The van der Waals surface area contributed by atoms with Gasteiger partial charge in [0.15, 0.2) is 24.0 Å². The molecule has 2 rings (SSSR count). The largest absolute Gasteiger partial charge is 0.481 e. The number of ether oxygens (including phenoxy) is 1. The second-order valence-corrected chi connectivity index (χ2v) is 5.19. The molecule has 21 heavy (non-hydrogen) atoms. The third-order valence-electron chi connectivity index (χ3n) is 3.24. The van der Waals surface area contributed by atoms with E-state index in [0.717, 1.165) is 5.56 Å². The van der Waals surface area contributed by atoms with Crippen LogP contribution < -0.4 is 10.1 Å². The Morgan fingerprint density at radius 1 is 1.33 bits per heavy atom. The van der Waals surface area contributed by atoms with Gasteiger partial charge in [0.1, 0.15) is 0 Å². The zero-order valence-electron chi connectivity index (χ0n) is 12.7. The molecule has 1 atom stereocenters. The van der Waals surface area contributed by atoms with E-state index >= 15 is 0 Å². The van der Waals surface area contributed by atoms with Crippen molar-refractivity contribution in [3.63, 3.8) is 0 Å². The molecule has 1 heterocycles. The number of nitrogens with one attached hydrogen (secondary N) is 1. The number of benzene rings is 1. The van der Waals surface area contributed by atoms with Gasteiger partial charge in [0.05, 0.1) is 0 Å². The number of hydrogen-bond donors (Lipinski definition) is 1. The molecule has 1 N–H and O–H groups in total. The van der Waals surface area contributed by atoms with Gasteiger partial charge in [-0.05, 0) is 31.7 Å². The van der Waals surface area contributed by atoms with E-state index < -0.39 is 5.82 Å². The minimum absolute atomic E-state index is 0.0531. The van der Waals surface area contributed by atoms with Crippen LogP contribution in [0.1, 0.15) is 50.0 Å². The van der Waals surface area contributed by atoms with Gasteiger partial charge in [-0.15, -0.1) is 0 Å². The van der Waals surface area contributed by atoms with Crippen molar-refractivity contribution < 1.29 is 13.7 Å². The number of hydrogen-bond acceptors (Lipinski definition) is 5. The first-order chi connectivity index (χ1) is 10.0. The fraction of sp³-hybridized carbons (Fsp3) is 0.467. The second-order valence-electron chi connectivity index (χ2n) is 5.19. The summed E-state index contributed by atoms with van der Waals surface area (Å²) in [6, 6.07) is 4.98. The van der Waals surface area contributed by atoms with Crippen molar-refractivity contribution in [1.82, 2.24) is 15.5 Å². The molecule has 1 unspecified atom stereocenters. The molecule has 0 bridgehead atoms. The normalized spacial score (nSPS) is 12.7. The highest BCUT2D eigenvalue weighted by Gasteiger charge is 2.12. The third kappa shape index (κ3) is 3.78. The monoisotopic (exact) mass is 293 g/mol. The molecule has 1 aromatic carbocycles. The first-order valence-electron chi connectivity index (χ1n) is 6.93. The molecule has 6 heteroatoms. The lowest BCUT2D eigenvalue weighted by molar-refractivity contribution is 0.234. The van der Waals surface area contributed by atoms with Crippen LogP contribution in [0.25, 0.3) is 0 Å². The summed E-state index contributed by atoms with van der Waals surface area (Å²) in [4.78, 5) is 4.18. The van der Waals surface area contributed by atoms with Crippen LogP contribution in [-0.2, 0) is 6.61 Å². The topological polar surface area (TPSA) is 60.2 Å². The summed E-state index contributed by atoms with van der Waals surface area (Å²) in [6.07, 6.45) is 0. The maximum absolute atomic E-state index is 14.0. The van der Waals surface area contributed by atoms with Crippen LogP contribution in [0.3, 0.4) is 0 Å². The van der Waals surface area contributed by atoms with Crippen LogP contribution in [0, 0.1) is 5.82 Å². The molecule has 0 saturated carbocycles. The third-order valence-corrected chi connectivity index (χ3v) is 3.24. The summed E-state index contributed by atoms with van der Waals surface area (Å²) >= 11 is 0. The molecule has 5 nitrogen and oxygen atoms in total. The summed E-state index contributed by atoms with van der Waals surface area (Å²) in [5.74, 6) is 0.907. The van der Waals surface area contributed by atoms with Crippen LogP contribution in [-0.4, -0.2) is 17.2 Å². The van der Waals surface area contributed by atoms with E-state index in [9.17, 15) is 4.39 Å². The molecular formula is C15H20FN3O2. The highest BCUT2D eigenvalue weighted by molar-refractivity contribution is 5.30. The first-order valence-corrected chi connectivity index (χ1v) is 6.93. The average molecular weight is 293 g/mol. The molecular weight excluding hydrogens is 273 g/mol. The minimum Gasteiger partial charge on any atom is -0.481 e. The highest BCUT2D eigenvalue weighted by Crippen LogP contribution is 2.22. The summed E-state index contributed by atoms with van der Waals surface area (Å²) < 4.78 is 24.4. The van der Waals surface area contributed by atoms with E-state index in [1.165, 1.54) is 6.07 Å². The van der Waals surface area contributed by atoms with E-state index in [2.05, 4.69) is 15.5 Å². The molecule has 0 spiro atoms. The summed E-state index contributed by atoms with van der Waals surface area (Å²) in [5, 5.41) is 6.89. The van der Waals surface area contributed by atoms with Crippen LogP contribution in [0.4, 0.5) is 4.39 Å². The lowest BCUT2D eigenvalue weighted by atomic mass is 10.1. The van der Waals surface area contributed by atoms with Crippen molar-refractivity contribution in [3.05, 3.63) is 41.3 Å². The fourth-order valence-corrected chi connectivity index (χ4v) is 1.77. The fourth-order valence-electron chi connectivity index (χ4n) is 1.77. The van der Waals surface area contributed by atoms with Gasteiger partial charge in [-0.25, -0.2) is 4.39 Å². The zero-order valence-corrected chi connectivity index (χ0v) is 12.7. The zero-order chi connectivity index (χ0) is 15.4. The first kappa shape index (κ1) is 15.4. The highest BCUT2D eigenvalue weighted by atomic mass is 19.1. The Morgan fingerprint density at radius 2 is 2.10 bits per heavy atom. The van der Waals surface area contributed by atoms with Gasteiger partial charge in [0.2, 0.25) is 0 Å². The molecule has 0 radical (unpaired) electrons. The van der Waals surface area contributed by atoms with E-state index in [1.54, 1.807) is 6.07 Å². The Labute approximate surface area is 123 Å². The van der Waals surface area contributed by atoms with Gasteiger partial charge >= 0.3 is 0 Å². The van der Waals surface area contributed by atoms with Gasteiger partial charge in [-0.3, -0.25) is 0 Å².